The number of hydrogen-bond donors (Lipinski definition) is 1. The van der Waals surface area contributed by atoms with Gasteiger partial charge in [-0.25, -0.2) is 4.79 Å². The SMILES string of the molecule is CC1CCCN(C(=O)NC2COC2)C1. The molecule has 0 bridgehead atoms. The van der Waals surface area contributed by atoms with E-state index in [-0.39, 0.29) is 12.1 Å². The molecule has 0 spiro atoms. The van der Waals surface area contributed by atoms with Gasteiger partial charge in [0.1, 0.15) is 0 Å². The van der Waals surface area contributed by atoms with Crippen LogP contribution < -0.4 is 5.32 Å². The molecule has 1 atom stereocenters. The van der Waals surface area contributed by atoms with Crippen molar-refractivity contribution in [2.45, 2.75) is 25.8 Å². The third-order valence-electron chi connectivity index (χ3n) is 2.91. The Hall–Kier alpha value is -0.770. The van der Waals surface area contributed by atoms with E-state index in [9.17, 15) is 4.79 Å². The molecule has 2 aliphatic rings. The van der Waals surface area contributed by atoms with Crippen molar-refractivity contribution in [2.75, 3.05) is 26.3 Å². The molecule has 2 rings (SSSR count). The second kappa shape index (κ2) is 4.17. The van der Waals surface area contributed by atoms with E-state index < -0.39 is 0 Å². The van der Waals surface area contributed by atoms with Gasteiger partial charge in [0.25, 0.3) is 0 Å². The molecule has 0 radical (unpaired) electrons. The van der Waals surface area contributed by atoms with Crippen molar-refractivity contribution >= 4 is 6.03 Å². The zero-order valence-corrected chi connectivity index (χ0v) is 8.66. The fourth-order valence-corrected chi connectivity index (χ4v) is 1.96. The smallest absolute Gasteiger partial charge is 0.317 e. The molecule has 0 aromatic heterocycles. The maximum absolute atomic E-state index is 11.7. The summed E-state index contributed by atoms with van der Waals surface area (Å²) in [6.45, 7) is 5.36. The second-order valence-corrected chi connectivity index (χ2v) is 4.38. The van der Waals surface area contributed by atoms with Gasteiger partial charge in [-0.1, -0.05) is 6.92 Å². The van der Waals surface area contributed by atoms with Crippen LogP contribution in [0.5, 0.6) is 0 Å². The predicted octanol–water partition coefficient (Wildman–Crippen LogP) is 0.827. The Bertz CT molecular complexity index is 216. The van der Waals surface area contributed by atoms with Crippen LogP contribution in [0.1, 0.15) is 19.8 Å². The Morgan fingerprint density at radius 2 is 2.29 bits per heavy atom. The number of rotatable bonds is 1. The summed E-state index contributed by atoms with van der Waals surface area (Å²) in [5.41, 5.74) is 0. The van der Waals surface area contributed by atoms with Gasteiger partial charge >= 0.3 is 6.03 Å². The van der Waals surface area contributed by atoms with Crippen LogP contribution in [-0.4, -0.2) is 43.3 Å². The molecule has 1 N–H and O–H groups in total. The summed E-state index contributed by atoms with van der Waals surface area (Å²) >= 11 is 0. The highest BCUT2D eigenvalue weighted by Gasteiger charge is 2.25. The van der Waals surface area contributed by atoms with Crippen LogP contribution >= 0.6 is 0 Å². The van der Waals surface area contributed by atoms with Crippen molar-refractivity contribution in [1.82, 2.24) is 10.2 Å². The summed E-state index contributed by atoms with van der Waals surface area (Å²) in [5.74, 6) is 0.646. The summed E-state index contributed by atoms with van der Waals surface area (Å²) in [4.78, 5) is 13.6. The van der Waals surface area contributed by atoms with Gasteiger partial charge in [-0.05, 0) is 18.8 Å². The van der Waals surface area contributed by atoms with Crippen molar-refractivity contribution in [3.05, 3.63) is 0 Å². The molecule has 80 valence electrons. The molecule has 2 saturated heterocycles. The minimum absolute atomic E-state index is 0.0878. The molecule has 2 amide bonds. The number of piperidine rings is 1. The summed E-state index contributed by atoms with van der Waals surface area (Å²) in [7, 11) is 0. The molecule has 4 heteroatoms. The number of carbonyl (C=O) groups excluding carboxylic acids is 1. The van der Waals surface area contributed by atoms with E-state index in [0.717, 1.165) is 19.5 Å². The van der Waals surface area contributed by atoms with Crippen LogP contribution in [0.25, 0.3) is 0 Å². The van der Waals surface area contributed by atoms with Gasteiger partial charge < -0.3 is 15.0 Å². The number of amides is 2. The first-order valence-corrected chi connectivity index (χ1v) is 5.39. The van der Waals surface area contributed by atoms with Gasteiger partial charge in [0, 0.05) is 13.1 Å². The quantitative estimate of drug-likeness (QED) is 0.678. The molecule has 0 aromatic carbocycles. The molecular formula is C10H18N2O2. The van der Waals surface area contributed by atoms with Gasteiger partial charge in [0.05, 0.1) is 19.3 Å². The normalized spacial score (nSPS) is 28.4. The van der Waals surface area contributed by atoms with E-state index in [1.54, 1.807) is 0 Å². The van der Waals surface area contributed by atoms with Crippen LogP contribution in [0.4, 0.5) is 4.79 Å². The number of nitrogens with zero attached hydrogens (tertiary/aromatic N) is 1. The maximum Gasteiger partial charge on any atom is 0.317 e. The lowest BCUT2D eigenvalue weighted by Gasteiger charge is -2.34. The van der Waals surface area contributed by atoms with E-state index in [0.29, 0.717) is 19.1 Å². The minimum Gasteiger partial charge on any atom is -0.377 e. The van der Waals surface area contributed by atoms with Gasteiger partial charge in [-0.3, -0.25) is 0 Å². The Labute approximate surface area is 84.6 Å². The van der Waals surface area contributed by atoms with Crippen molar-refractivity contribution in [3.8, 4) is 0 Å². The van der Waals surface area contributed by atoms with E-state index in [1.165, 1.54) is 6.42 Å². The monoisotopic (exact) mass is 198 g/mol. The van der Waals surface area contributed by atoms with E-state index in [4.69, 9.17) is 4.74 Å². The van der Waals surface area contributed by atoms with Gasteiger partial charge in [0.15, 0.2) is 0 Å². The third-order valence-corrected chi connectivity index (χ3v) is 2.91. The molecule has 1 unspecified atom stereocenters. The van der Waals surface area contributed by atoms with Crippen molar-refractivity contribution in [1.29, 1.82) is 0 Å². The van der Waals surface area contributed by atoms with Crippen molar-refractivity contribution < 1.29 is 9.53 Å². The standard InChI is InChI=1S/C10H18N2O2/c1-8-3-2-4-12(5-8)10(13)11-9-6-14-7-9/h8-9H,2-7H2,1H3,(H,11,13). The zero-order valence-electron chi connectivity index (χ0n) is 8.66. The van der Waals surface area contributed by atoms with Crippen LogP contribution in [0.3, 0.4) is 0 Å². The third kappa shape index (κ3) is 2.18. The number of likely N-dealkylation sites (tertiary alicyclic amines) is 1. The van der Waals surface area contributed by atoms with Crippen molar-refractivity contribution in [2.24, 2.45) is 5.92 Å². The zero-order chi connectivity index (χ0) is 9.97. The molecule has 2 aliphatic heterocycles. The average molecular weight is 198 g/mol. The van der Waals surface area contributed by atoms with E-state index >= 15 is 0 Å². The Morgan fingerprint density at radius 3 is 2.86 bits per heavy atom. The van der Waals surface area contributed by atoms with Crippen LogP contribution in [0.15, 0.2) is 0 Å². The lowest BCUT2D eigenvalue weighted by Crippen LogP contribution is -2.54. The summed E-state index contributed by atoms with van der Waals surface area (Å²) in [6, 6.07) is 0.338. The highest BCUT2D eigenvalue weighted by atomic mass is 16.5. The predicted molar refractivity (Wildman–Crippen MR) is 53.1 cm³/mol. The van der Waals surface area contributed by atoms with Crippen LogP contribution in [0.2, 0.25) is 0 Å². The van der Waals surface area contributed by atoms with E-state index in [1.807, 2.05) is 4.90 Å². The van der Waals surface area contributed by atoms with Crippen LogP contribution in [0, 0.1) is 5.92 Å². The molecule has 14 heavy (non-hydrogen) atoms. The van der Waals surface area contributed by atoms with Gasteiger partial charge in [0.2, 0.25) is 0 Å². The lowest BCUT2D eigenvalue weighted by molar-refractivity contribution is -0.00263. The first-order chi connectivity index (χ1) is 6.75. The number of nitrogens with one attached hydrogen (secondary N) is 1. The number of ether oxygens (including phenoxy) is 1. The topological polar surface area (TPSA) is 41.6 Å². The molecule has 0 aliphatic carbocycles. The van der Waals surface area contributed by atoms with Gasteiger partial charge in [-0.2, -0.15) is 0 Å². The Balaban J connectivity index is 1.77. The molecule has 2 heterocycles. The largest absolute Gasteiger partial charge is 0.377 e. The average Bonchev–Trinajstić information content (AvgIpc) is 2.11. The molecule has 2 fully saturated rings. The Morgan fingerprint density at radius 1 is 1.50 bits per heavy atom. The number of urea groups is 1. The lowest BCUT2D eigenvalue weighted by atomic mass is 10.0. The first kappa shape index (κ1) is 9.77. The maximum atomic E-state index is 11.7. The molecule has 0 saturated carbocycles. The fourth-order valence-electron chi connectivity index (χ4n) is 1.96. The Kier molecular flexibility index (Phi) is 2.91. The van der Waals surface area contributed by atoms with E-state index in [2.05, 4.69) is 12.2 Å². The van der Waals surface area contributed by atoms with Crippen LogP contribution in [-0.2, 0) is 4.74 Å². The summed E-state index contributed by atoms with van der Waals surface area (Å²) in [5, 5.41) is 2.97. The number of carbonyl (C=O) groups is 1. The summed E-state index contributed by atoms with van der Waals surface area (Å²) in [6.07, 6.45) is 2.38. The molecule has 4 nitrogen and oxygen atoms in total. The first-order valence-electron chi connectivity index (χ1n) is 5.39. The summed E-state index contributed by atoms with van der Waals surface area (Å²) < 4.78 is 5.01. The highest BCUT2D eigenvalue weighted by molar-refractivity contribution is 5.74. The van der Waals surface area contributed by atoms with Gasteiger partial charge in [-0.15, -0.1) is 0 Å². The minimum atomic E-state index is 0.0878. The highest BCUT2D eigenvalue weighted by Crippen LogP contribution is 2.15. The molecular weight excluding hydrogens is 180 g/mol. The second-order valence-electron chi connectivity index (χ2n) is 4.38. The number of hydrogen-bond acceptors (Lipinski definition) is 2. The fraction of sp³-hybridized carbons (Fsp3) is 0.900. The van der Waals surface area contributed by atoms with Crippen molar-refractivity contribution in [3.63, 3.8) is 0 Å². The molecule has 0 aromatic rings.